The lowest BCUT2D eigenvalue weighted by molar-refractivity contribution is 0.0959. The van der Waals surface area contributed by atoms with Gasteiger partial charge in [-0.25, -0.2) is 13.4 Å². The van der Waals surface area contributed by atoms with E-state index in [4.69, 9.17) is 19.3 Å². The molecule has 0 fully saturated rings. The van der Waals surface area contributed by atoms with Gasteiger partial charge in [-0.3, -0.25) is 19.5 Å². The first-order valence-corrected chi connectivity index (χ1v) is 15.5. The van der Waals surface area contributed by atoms with Gasteiger partial charge >= 0.3 is 7.60 Å². The van der Waals surface area contributed by atoms with Crippen molar-refractivity contribution in [2.75, 3.05) is 17.9 Å². The molecule has 204 valence electrons. The highest BCUT2D eigenvalue weighted by Gasteiger charge is 2.21. The number of ether oxygens (including phenoxy) is 2. The maximum Gasteiger partial charge on any atom is 0.344 e. The highest BCUT2D eigenvalue weighted by Crippen LogP contribution is 2.33. The minimum Gasteiger partial charge on any atom is -0.491 e. The first-order valence-electron chi connectivity index (χ1n) is 11.0. The van der Waals surface area contributed by atoms with Crippen LogP contribution in [0.5, 0.6) is 17.2 Å². The van der Waals surface area contributed by atoms with Gasteiger partial charge in [-0.15, -0.1) is 0 Å². The first kappa shape index (κ1) is 29.3. The van der Waals surface area contributed by atoms with E-state index >= 15 is 0 Å². The van der Waals surface area contributed by atoms with Crippen LogP contribution in [0.15, 0.2) is 47.4 Å². The quantitative estimate of drug-likeness (QED) is 0.258. The predicted molar refractivity (Wildman–Crippen MR) is 141 cm³/mol. The normalized spacial score (nSPS) is 11.8. The number of benzene rings is 2. The van der Waals surface area contributed by atoms with Gasteiger partial charge in [-0.05, 0) is 57.2 Å². The second-order valence-corrected chi connectivity index (χ2v) is 13.1. The molecule has 0 aliphatic heterocycles. The first-order chi connectivity index (χ1) is 17.6. The molecule has 1 aromatic heterocycles. The number of amides is 2. The summed E-state index contributed by atoms with van der Waals surface area (Å²) in [6, 6.07) is 10.3. The van der Waals surface area contributed by atoms with Gasteiger partial charge in [-0.1, -0.05) is 11.3 Å². The smallest absolute Gasteiger partial charge is 0.344 e. The molecule has 38 heavy (non-hydrogen) atoms. The van der Waals surface area contributed by atoms with Gasteiger partial charge in [0.05, 0.1) is 16.7 Å². The van der Waals surface area contributed by atoms with Gasteiger partial charge in [0, 0.05) is 17.9 Å². The van der Waals surface area contributed by atoms with Crippen LogP contribution >= 0.6 is 18.9 Å². The maximum absolute atomic E-state index is 13.0. The summed E-state index contributed by atoms with van der Waals surface area (Å²) in [5.41, 5.74) is 0.429. The van der Waals surface area contributed by atoms with Gasteiger partial charge in [0.2, 0.25) is 0 Å². The van der Waals surface area contributed by atoms with E-state index in [0.29, 0.717) is 11.5 Å². The molecule has 3 rings (SSSR count). The number of anilines is 1. The third-order valence-electron chi connectivity index (χ3n) is 4.67. The molecule has 4 N–H and O–H groups in total. The predicted octanol–water partition coefficient (Wildman–Crippen LogP) is 3.55. The minimum atomic E-state index is -4.43. The van der Waals surface area contributed by atoms with Crippen LogP contribution in [0.1, 0.15) is 39.6 Å². The monoisotopic (exact) mass is 583 g/mol. The molecule has 0 atom stereocenters. The highest BCUT2D eigenvalue weighted by atomic mass is 32.2. The number of hydrogen-bond donors (Lipinski definition) is 4. The number of carbonyl (C=O) groups is 2. The second-order valence-electron chi connectivity index (χ2n) is 8.42. The molecular formula is C23H26N3O9PS2. The zero-order valence-corrected chi connectivity index (χ0v) is 23.3. The standard InChI is InChI=1S/C23H26N3O9PS2/c1-13(2)34-17-9-15(10-18(11-17)35-16-5-7-19(8-6-16)38(4,32)33)21(27)26-23-25-14(3)20(37-23)22(28)24-12-36(29,30)31/h5-11,13H,12H2,1-4H3,(H,24,28)(H,25,26,27)(H2,29,30,31). The largest absolute Gasteiger partial charge is 0.491 e. The van der Waals surface area contributed by atoms with Crippen molar-refractivity contribution in [2.45, 2.75) is 31.8 Å². The highest BCUT2D eigenvalue weighted by molar-refractivity contribution is 7.90. The Morgan fingerprint density at radius 1 is 1.05 bits per heavy atom. The molecule has 0 saturated carbocycles. The summed E-state index contributed by atoms with van der Waals surface area (Å²) >= 11 is 0.846. The van der Waals surface area contributed by atoms with Crippen molar-refractivity contribution < 1.29 is 41.8 Å². The maximum atomic E-state index is 13.0. The van der Waals surface area contributed by atoms with Crippen molar-refractivity contribution >= 4 is 45.7 Å². The number of sulfone groups is 1. The molecule has 1 heterocycles. The van der Waals surface area contributed by atoms with E-state index < -0.39 is 35.5 Å². The summed E-state index contributed by atoms with van der Waals surface area (Å²) in [5, 5.41) is 4.83. The van der Waals surface area contributed by atoms with Crippen LogP contribution in [-0.2, 0) is 14.4 Å². The third-order valence-corrected chi connectivity index (χ3v) is 7.44. The van der Waals surface area contributed by atoms with Gasteiger partial charge in [-0.2, -0.15) is 0 Å². The molecule has 0 radical (unpaired) electrons. The van der Waals surface area contributed by atoms with Gasteiger partial charge in [0.15, 0.2) is 15.0 Å². The van der Waals surface area contributed by atoms with E-state index in [1.807, 2.05) is 13.8 Å². The van der Waals surface area contributed by atoms with E-state index in [-0.39, 0.29) is 38.0 Å². The van der Waals surface area contributed by atoms with Crippen molar-refractivity contribution in [1.29, 1.82) is 0 Å². The van der Waals surface area contributed by atoms with Crippen LogP contribution in [0.25, 0.3) is 0 Å². The Bertz CT molecular complexity index is 1500. The average molecular weight is 584 g/mol. The molecule has 0 aliphatic carbocycles. The Morgan fingerprint density at radius 3 is 2.26 bits per heavy atom. The van der Waals surface area contributed by atoms with E-state index in [9.17, 15) is 22.6 Å². The van der Waals surface area contributed by atoms with E-state index in [1.54, 1.807) is 6.07 Å². The molecule has 12 nitrogen and oxygen atoms in total. The third kappa shape index (κ3) is 8.36. The fourth-order valence-electron chi connectivity index (χ4n) is 3.08. The van der Waals surface area contributed by atoms with Crippen LogP contribution in [-0.4, -0.2) is 53.6 Å². The number of nitrogens with zero attached hydrogens (tertiary/aromatic N) is 1. The molecule has 0 bridgehead atoms. The zero-order valence-electron chi connectivity index (χ0n) is 20.8. The summed E-state index contributed by atoms with van der Waals surface area (Å²) in [7, 11) is -7.80. The van der Waals surface area contributed by atoms with Crippen molar-refractivity contribution in [1.82, 2.24) is 10.3 Å². The minimum absolute atomic E-state index is 0.0900. The SMILES string of the molecule is Cc1nc(NC(=O)c2cc(Oc3ccc(S(C)(=O)=O)cc3)cc(OC(C)C)c2)sc1C(=O)NCP(=O)(O)O. The summed E-state index contributed by atoms with van der Waals surface area (Å²) in [6.45, 7) is 5.15. The molecular weight excluding hydrogens is 557 g/mol. The Hall–Kier alpha value is -3.29. The van der Waals surface area contributed by atoms with Crippen molar-refractivity contribution in [2.24, 2.45) is 0 Å². The summed E-state index contributed by atoms with van der Waals surface area (Å²) in [5.74, 6) is -0.357. The Balaban J connectivity index is 1.82. The average Bonchev–Trinajstić information content (AvgIpc) is 3.16. The molecule has 0 saturated heterocycles. The van der Waals surface area contributed by atoms with Crippen LogP contribution < -0.4 is 20.1 Å². The number of aromatic nitrogens is 1. The number of aryl methyl sites for hydroxylation is 1. The summed E-state index contributed by atoms with van der Waals surface area (Å²) in [4.78, 5) is 47.6. The van der Waals surface area contributed by atoms with Crippen LogP contribution in [0, 0.1) is 6.92 Å². The van der Waals surface area contributed by atoms with Crippen molar-refractivity contribution in [3.05, 3.63) is 58.6 Å². The lowest BCUT2D eigenvalue weighted by Crippen LogP contribution is -2.24. The lowest BCUT2D eigenvalue weighted by atomic mass is 10.2. The van der Waals surface area contributed by atoms with Gasteiger partial charge in [0.1, 0.15) is 28.4 Å². The van der Waals surface area contributed by atoms with E-state index in [0.717, 1.165) is 17.6 Å². The summed E-state index contributed by atoms with van der Waals surface area (Å²) < 4.78 is 46.0. The van der Waals surface area contributed by atoms with Crippen molar-refractivity contribution in [3.63, 3.8) is 0 Å². The molecule has 2 aromatic carbocycles. The molecule has 0 spiro atoms. The number of nitrogens with one attached hydrogen (secondary N) is 2. The Labute approximate surface area is 223 Å². The fraction of sp³-hybridized carbons (Fsp3) is 0.261. The zero-order chi connectivity index (χ0) is 28.3. The molecule has 0 aliphatic rings. The summed E-state index contributed by atoms with van der Waals surface area (Å²) in [6.07, 6.45) is 0.0705. The lowest BCUT2D eigenvalue weighted by Gasteiger charge is -2.14. The molecule has 15 heteroatoms. The fourth-order valence-corrected chi connectivity index (χ4v) is 4.94. The van der Waals surface area contributed by atoms with E-state index in [1.165, 1.54) is 43.3 Å². The molecule has 2 amide bonds. The number of carbonyl (C=O) groups excluding carboxylic acids is 2. The van der Waals surface area contributed by atoms with Crippen LogP contribution in [0.2, 0.25) is 0 Å². The van der Waals surface area contributed by atoms with Gasteiger partial charge in [0.25, 0.3) is 11.8 Å². The van der Waals surface area contributed by atoms with Crippen LogP contribution in [0.4, 0.5) is 5.13 Å². The second kappa shape index (κ2) is 11.6. The Kier molecular flexibility index (Phi) is 8.95. The van der Waals surface area contributed by atoms with E-state index in [2.05, 4.69) is 15.6 Å². The number of thiazole rings is 1. The van der Waals surface area contributed by atoms with Crippen LogP contribution in [0.3, 0.4) is 0 Å². The van der Waals surface area contributed by atoms with Gasteiger partial charge < -0.3 is 24.6 Å². The number of hydrogen-bond acceptors (Lipinski definition) is 9. The topological polar surface area (TPSA) is 181 Å². The molecule has 0 unspecified atom stereocenters. The Morgan fingerprint density at radius 2 is 1.68 bits per heavy atom. The number of rotatable bonds is 10. The molecule has 3 aromatic rings. The van der Waals surface area contributed by atoms with Crippen molar-refractivity contribution in [3.8, 4) is 17.2 Å².